The molecule has 0 N–H and O–H groups in total. The Morgan fingerprint density at radius 2 is 1.69 bits per heavy atom. The molecule has 0 fully saturated rings. The van der Waals surface area contributed by atoms with E-state index in [2.05, 4.69) is 4.98 Å². The van der Waals surface area contributed by atoms with Crippen molar-refractivity contribution >= 4 is 34.8 Å². The van der Waals surface area contributed by atoms with Crippen LogP contribution in [-0.2, 0) is 0 Å². The van der Waals surface area contributed by atoms with Crippen LogP contribution in [0.5, 0.6) is 0 Å². The van der Waals surface area contributed by atoms with Crippen molar-refractivity contribution in [2.75, 3.05) is 0 Å². The van der Waals surface area contributed by atoms with Crippen LogP contribution < -0.4 is 0 Å². The lowest BCUT2D eigenvalue weighted by molar-refractivity contribution is 0.584. The summed E-state index contributed by atoms with van der Waals surface area (Å²) < 4.78 is 13.0. The van der Waals surface area contributed by atoms with Crippen LogP contribution in [-0.4, -0.2) is 4.98 Å². The third kappa shape index (κ3) is 2.14. The van der Waals surface area contributed by atoms with Gasteiger partial charge in [0.25, 0.3) is 0 Å². The Labute approximate surface area is 107 Å². The van der Waals surface area contributed by atoms with Gasteiger partial charge in [0.15, 0.2) is 0 Å². The summed E-state index contributed by atoms with van der Waals surface area (Å²) in [6, 6.07) is 6.08. The van der Waals surface area contributed by atoms with Crippen LogP contribution in [0.4, 0.5) is 4.39 Å². The van der Waals surface area contributed by atoms with Crippen LogP contribution in [0.3, 0.4) is 0 Å². The molecule has 1 aromatic carbocycles. The average molecular weight is 277 g/mol. The SMILES string of the molecule is Fc1cc(-c2c(Cl)ccc(Cl)c2Cl)ccn1. The van der Waals surface area contributed by atoms with Crippen LogP contribution in [0.15, 0.2) is 30.5 Å². The van der Waals surface area contributed by atoms with Gasteiger partial charge in [-0.25, -0.2) is 4.98 Å². The second kappa shape index (κ2) is 4.58. The van der Waals surface area contributed by atoms with Gasteiger partial charge < -0.3 is 0 Å². The maximum absolute atomic E-state index is 13.0. The normalized spacial score (nSPS) is 10.5. The van der Waals surface area contributed by atoms with Gasteiger partial charge in [-0.2, -0.15) is 4.39 Å². The monoisotopic (exact) mass is 275 g/mol. The van der Waals surface area contributed by atoms with Crippen molar-refractivity contribution in [3.05, 3.63) is 51.5 Å². The van der Waals surface area contributed by atoms with Gasteiger partial charge in [-0.05, 0) is 23.8 Å². The molecule has 5 heteroatoms. The van der Waals surface area contributed by atoms with Gasteiger partial charge in [0.2, 0.25) is 5.95 Å². The van der Waals surface area contributed by atoms with E-state index in [1.54, 1.807) is 18.2 Å². The van der Waals surface area contributed by atoms with E-state index < -0.39 is 5.95 Å². The summed E-state index contributed by atoms with van der Waals surface area (Å²) >= 11 is 17.9. The van der Waals surface area contributed by atoms with E-state index in [1.807, 2.05) is 0 Å². The van der Waals surface area contributed by atoms with Crippen molar-refractivity contribution in [3.8, 4) is 11.1 Å². The average Bonchev–Trinajstić information content (AvgIpc) is 2.24. The molecule has 0 saturated carbocycles. The van der Waals surface area contributed by atoms with Crippen LogP contribution in [0, 0.1) is 5.95 Å². The van der Waals surface area contributed by atoms with Gasteiger partial charge in [-0.15, -0.1) is 0 Å². The lowest BCUT2D eigenvalue weighted by atomic mass is 10.1. The van der Waals surface area contributed by atoms with E-state index in [1.165, 1.54) is 12.3 Å². The zero-order valence-corrected chi connectivity index (χ0v) is 10.1. The molecule has 0 spiro atoms. The molecule has 16 heavy (non-hydrogen) atoms. The molecule has 0 aliphatic heterocycles. The lowest BCUT2D eigenvalue weighted by Crippen LogP contribution is -1.86. The molecule has 0 aliphatic rings. The summed E-state index contributed by atoms with van der Waals surface area (Å²) in [4.78, 5) is 3.46. The van der Waals surface area contributed by atoms with E-state index in [0.29, 0.717) is 26.2 Å². The topological polar surface area (TPSA) is 12.9 Å². The zero-order chi connectivity index (χ0) is 11.7. The van der Waals surface area contributed by atoms with Gasteiger partial charge in [0.05, 0.1) is 10.0 Å². The molecular weight excluding hydrogens is 271 g/mol. The third-order valence-electron chi connectivity index (χ3n) is 2.06. The summed E-state index contributed by atoms with van der Waals surface area (Å²) in [5.41, 5.74) is 1.06. The van der Waals surface area contributed by atoms with Crippen molar-refractivity contribution < 1.29 is 4.39 Å². The summed E-state index contributed by atoms with van der Waals surface area (Å²) in [7, 11) is 0. The molecule has 0 saturated heterocycles. The highest BCUT2D eigenvalue weighted by Gasteiger charge is 2.12. The lowest BCUT2D eigenvalue weighted by Gasteiger charge is -2.08. The molecule has 1 aromatic heterocycles. The fourth-order valence-corrected chi connectivity index (χ4v) is 2.10. The number of hydrogen-bond acceptors (Lipinski definition) is 1. The second-order valence-electron chi connectivity index (χ2n) is 3.09. The maximum Gasteiger partial charge on any atom is 0.213 e. The number of nitrogens with zero attached hydrogens (tertiary/aromatic N) is 1. The van der Waals surface area contributed by atoms with Crippen LogP contribution in [0.25, 0.3) is 11.1 Å². The molecule has 0 bridgehead atoms. The van der Waals surface area contributed by atoms with E-state index in [-0.39, 0.29) is 0 Å². The van der Waals surface area contributed by atoms with Crippen molar-refractivity contribution in [1.29, 1.82) is 0 Å². The molecule has 1 nitrogen and oxygen atoms in total. The van der Waals surface area contributed by atoms with Crippen molar-refractivity contribution in [2.45, 2.75) is 0 Å². The number of halogens is 4. The molecule has 2 aromatic rings. The van der Waals surface area contributed by atoms with Gasteiger partial charge >= 0.3 is 0 Å². The first-order valence-electron chi connectivity index (χ1n) is 4.35. The first-order chi connectivity index (χ1) is 7.59. The fourth-order valence-electron chi connectivity index (χ4n) is 1.35. The molecular formula is C11H5Cl3FN. The molecule has 0 aliphatic carbocycles. The first-order valence-corrected chi connectivity index (χ1v) is 5.48. The zero-order valence-electron chi connectivity index (χ0n) is 7.85. The number of rotatable bonds is 1. The largest absolute Gasteiger partial charge is 0.228 e. The molecule has 0 radical (unpaired) electrons. The van der Waals surface area contributed by atoms with E-state index >= 15 is 0 Å². The smallest absolute Gasteiger partial charge is 0.213 e. The number of benzene rings is 1. The van der Waals surface area contributed by atoms with Crippen molar-refractivity contribution in [1.82, 2.24) is 4.98 Å². The highest BCUT2D eigenvalue weighted by molar-refractivity contribution is 6.46. The minimum absolute atomic E-state index is 0.305. The quantitative estimate of drug-likeness (QED) is 0.536. The Bertz CT molecular complexity index is 543. The van der Waals surface area contributed by atoms with Crippen LogP contribution in [0.2, 0.25) is 15.1 Å². The Morgan fingerprint density at radius 3 is 2.38 bits per heavy atom. The highest BCUT2D eigenvalue weighted by atomic mass is 35.5. The Morgan fingerprint density at radius 1 is 1.00 bits per heavy atom. The van der Waals surface area contributed by atoms with Gasteiger partial charge in [-0.1, -0.05) is 34.8 Å². The molecule has 0 amide bonds. The summed E-state index contributed by atoms with van der Waals surface area (Å²) in [6.45, 7) is 0. The molecule has 0 atom stereocenters. The third-order valence-corrected chi connectivity index (χ3v) is 3.18. The fraction of sp³-hybridized carbons (Fsp3) is 0. The summed E-state index contributed by atoms with van der Waals surface area (Å²) in [5, 5.41) is 1.10. The standard InChI is InChI=1S/C11H5Cl3FN/c12-7-1-2-8(13)11(14)10(7)6-3-4-16-9(15)5-6/h1-5H. The number of aromatic nitrogens is 1. The molecule has 82 valence electrons. The molecule has 0 unspecified atom stereocenters. The Hall–Kier alpha value is -0.830. The van der Waals surface area contributed by atoms with Gasteiger partial charge in [0, 0.05) is 22.8 Å². The Balaban J connectivity index is 2.68. The van der Waals surface area contributed by atoms with E-state index in [4.69, 9.17) is 34.8 Å². The second-order valence-corrected chi connectivity index (χ2v) is 4.28. The number of pyridine rings is 1. The van der Waals surface area contributed by atoms with E-state index in [9.17, 15) is 4.39 Å². The molecule has 2 rings (SSSR count). The summed E-state index contributed by atoms with van der Waals surface area (Å²) in [6.07, 6.45) is 1.35. The highest BCUT2D eigenvalue weighted by Crippen LogP contribution is 2.38. The first kappa shape index (κ1) is 11.6. The predicted octanol–water partition coefficient (Wildman–Crippen LogP) is 4.85. The van der Waals surface area contributed by atoms with E-state index in [0.717, 1.165) is 0 Å². The van der Waals surface area contributed by atoms with Crippen LogP contribution >= 0.6 is 34.8 Å². The summed E-state index contributed by atoms with van der Waals surface area (Å²) in [5.74, 6) is -0.593. The maximum atomic E-state index is 13.0. The Kier molecular flexibility index (Phi) is 3.33. The van der Waals surface area contributed by atoms with Crippen molar-refractivity contribution in [3.63, 3.8) is 0 Å². The molecule has 1 heterocycles. The minimum atomic E-state index is -0.593. The van der Waals surface area contributed by atoms with Crippen LogP contribution in [0.1, 0.15) is 0 Å². The predicted molar refractivity (Wildman–Crippen MR) is 64.7 cm³/mol. The van der Waals surface area contributed by atoms with Gasteiger partial charge in [0.1, 0.15) is 0 Å². The van der Waals surface area contributed by atoms with Gasteiger partial charge in [-0.3, -0.25) is 0 Å². The minimum Gasteiger partial charge on any atom is -0.228 e. The van der Waals surface area contributed by atoms with Crippen molar-refractivity contribution in [2.24, 2.45) is 0 Å². The number of hydrogen-bond donors (Lipinski definition) is 0.